The van der Waals surface area contributed by atoms with Crippen LogP contribution in [0.5, 0.6) is 5.75 Å². The number of ether oxygens (including phenoxy) is 1. The minimum Gasteiger partial charge on any atom is -0.497 e. The highest BCUT2D eigenvalue weighted by Crippen LogP contribution is 2.26. The van der Waals surface area contributed by atoms with Crippen LogP contribution in [0.3, 0.4) is 0 Å². The van der Waals surface area contributed by atoms with Crippen molar-refractivity contribution >= 4 is 33.4 Å². The van der Waals surface area contributed by atoms with Crippen molar-refractivity contribution < 1.29 is 4.74 Å². The van der Waals surface area contributed by atoms with Crippen LogP contribution >= 0.6 is 15.9 Å². The van der Waals surface area contributed by atoms with E-state index in [0.717, 1.165) is 21.7 Å². The summed E-state index contributed by atoms with van der Waals surface area (Å²) in [5, 5.41) is 6.08. The highest BCUT2D eigenvalue weighted by Gasteiger charge is 2.02. The molecule has 0 spiro atoms. The van der Waals surface area contributed by atoms with Gasteiger partial charge < -0.3 is 15.4 Å². The molecule has 18 heavy (non-hydrogen) atoms. The molecule has 2 rings (SSSR count). The molecule has 0 saturated carbocycles. The van der Waals surface area contributed by atoms with Gasteiger partial charge in [-0.25, -0.2) is 4.98 Å². The van der Waals surface area contributed by atoms with Crippen LogP contribution in [-0.4, -0.2) is 24.1 Å². The van der Waals surface area contributed by atoms with Crippen LogP contribution in [0.2, 0.25) is 0 Å². The summed E-state index contributed by atoms with van der Waals surface area (Å²) < 4.78 is 6.14. The molecule has 0 aliphatic heterocycles. The average Bonchev–Trinajstić information content (AvgIpc) is 2.38. The number of hydrogen-bond acceptors (Lipinski definition) is 5. The summed E-state index contributed by atoms with van der Waals surface area (Å²) in [4.78, 5) is 8.34. The number of rotatable bonds is 4. The van der Waals surface area contributed by atoms with Crippen LogP contribution in [-0.2, 0) is 0 Å². The van der Waals surface area contributed by atoms with Gasteiger partial charge in [-0.2, -0.15) is 4.98 Å². The Morgan fingerprint density at radius 3 is 2.83 bits per heavy atom. The van der Waals surface area contributed by atoms with Crippen molar-refractivity contribution in [2.75, 3.05) is 24.8 Å². The predicted molar refractivity (Wildman–Crippen MR) is 75.6 cm³/mol. The summed E-state index contributed by atoms with van der Waals surface area (Å²) in [6, 6.07) is 7.54. The van der Waals surface area contributed by atoms with Crippen molar-refractivity contribution in [3.05, 3.63) is 34.9 Å². The summed E-state index contributed by atoms with van der Waals surface area (Å²) in [6.45, 7) is 0. The van der Waals surface area contributed by atoms with Gasteiger partial charge >= 0.3 is 0 Å². The fourth-order valence-corrected chi connectivity index (χ4v) is 1.92. The lowest BCUT2D eigenvalue weighted by atomic mass is 10.3. The molecule has 5 nitrogen and oxygen atoms in total. The van der Waals surface area contributed by atoms with Crippen molar-refractivity contribution in [3.8, 4) is 5.75 Å². The Hall–Kier alpha value is -1.82. The van der Waals surface area contributed by atoms with Crippen molar-refractivity contribution in [2.45, 2.75) is 0 Å². The molecule has 0 amide bonds. The van der Waals surface area contributed by atoms with E-state index in [1.54, 1.807) is 26.4 Å². The average molecular weight is 309 g/mol. The van der Waals surface area contributed by atoms with Gasteiger partial charge in [-0.05, 0) is 18.2 Å². The zero-order valence-corrected chi connectivity index (χ0v) is 11.7. The van der Waals surface area contributed by atoms with Crippen molar-refractivity contribution in [1.82, 2.24) is 9.97 Å². The van der Waals surface area contributed by atoms with Crippen LogP contribution < -0.4 is 15.4 Å². The van der Waals surface area contributed by atoms with Crippen LogP contribution in [0.25, 0.3) is 0 Å². The second kappa shape index (κ2) is 5.68. The van der Waals surface area contributed by atoms with E-state index in [0.29, 0.717) is 5.95 Å². The third-order valence-corrected chi connectivity index (χ3v) is 2.72. The summed E-state index contributed by atoms with van der Waals surface area (Å²) in [5.74, 6) is 2.06. The number of nitrogens with zero attached hydrogens (tertiary/aromatic N) is 2. The molecule has 0 unspecified atom stereocenters. The SMILES string of the molecule is CNc1nccc(Nc2cc(Br)cc(OC)c2)n1. The van der Waals surface area contributed by atoms with E-state index in [-0.39, 0.29) is 0 Å². The first kappa shape index (κ1) is 12.6. The van der Waals surface area contributed by atoms with Gasteiger partial charge in [0.25, 0.3) is 0 Å². The summed E-state index contributed by atoms with van der Waals surface area (Å²) in [6.07, 6.45) is 1.69. The minimum atomic E-state index is 0.571. The Morgan fingerprint density at radius 1 is 1.28 bits per heavy atom. The highest BCUT2D eigenvalue weighted by atomic mass is 79.9. The largest absolute Gasteiger partial charge is 0.497 e. The van der Waals surface area contributed by atoms with Crippen LogP contribution in [0.4, 0.5) is 17.5 Å². The Balaban J connectivity index is 2.24. The monoisotopic (exact) mass is 308 g/mol. The summed E-state index contributed by atoms with van der Waals surface area (Å²) in [7, 11) is 3.41. The Bertz CT molecular complexity index is 547. The van der Waals surface area contributed by atoms with Gasteiger partial charge in [-0.15, -0.1) is 0 Å². The maximum atomic E-state index is 5.20. The lowest BCUT2D eigenvalue weighted by Crippen LogP contribution is -2.00. The van der Waals surface area contributed by atoms with Crippen molar-refractivity contribution in [1.29, 1.82) is 0 Å². The highest BCUT2D eigenvalue weighted by molar-refractivity contribution is 9.10. The molecule has 1 aromatic carbocycles. The zero-order chi connectivity index (χ0) is 13.0. The molecule has 6 heteroatoms. The van der Waals surface area contributed by atoms with Gasteiger partial charge in [0, 0.05) is 29.5 Å². The summed E-state index contributed by atoms with van der Waals surface area (Å²) in [5.41, 5.74) is 0.891. The van der Waals surface area contributed by atoms with Crippen LogP contribution in [0.1, 0.15) is 0 Å². The predicted octanol–water partition coefficient (Wildman–Crippen LogP) is 3.03. The first-order valence-electron chi connectivity index (χ1n) is 5.33. The molecule has 0 fully saturated rings. The second-order valence-corrected chi connectivity index (χ2v) is 4.44. The lowest BCUT2D eigenvalue weighted by Gasteiger charge is -2.09. The van der Waals surface area contributed by atoms with E-state index in [1.807, 2.05) is 18.2 Å². The minimum absolute atomic E-state index is 0.571. The Labute approximate surface area is 114 Å². The van der Waals surface area contributed by atoms with Gasteiger partial charge in [0.15, 0.2) is 0 Å². The molecule has 1 heterocycles. The molecule has 0 aliphatic carbocycles. The Morgan fingerprint density at radius 2 is 2.11 bits per heavy atom. The van der Waals surface area contributed by atoms with Crippen molar-refractivity contribution in [3.63, 3.8) is 0 Å². The van der Waals surface area contributed by atoms with Crippen molar-refractivity contribution in [2.24, 2.45) is 0 Å². The standard InChI is InChI=1S/C12H13BrN4O/c1-14-12-15-4-3-11(17-12)16-9-5-8(13)6-10(7-9)18-2/h3-7H,1-2H3,(H2,14,15,16,17). The molecule has 94 valence electrons. The molecule has 0 atom stereocenters. The van der Waals surface area contributed by atoms with Gasteiger partial charge in [-0.1, -0.05) is 15.9 Å². The number of benzene rings is 1. The molecular formula is C12H13BrN4O. The van der Waals surface area contributed by atoms with Gasteiger partial charge in [0.1, 0.15) is 11.6 Å². The van der Waals surface area contributed by atoms with E-state index in [2.05, 4.69) is 36.5 Å². The first-order chi connectivity index (χ1) is 8.71. The quantitative estimate of drug-likeness (QED) is 0.909. The maximum Gasteiger partial charge on any atom is 0.224 e. The number of anilines is 3. The zero-order valence-electron chi connectivity index (χ0n) is 10.1. The van der Waals surface area contributed by atoms with Crippen LogP contribution in [0, 0.1) is 0 Å². The normalized spacial score (nSPS) is 9.94. The molecule has 0 radical (unpaired) electrons. The van der Waals surface area contributed by atoms with E-state index in [4.69, 9.17) is 4.74 Å². The summed E-state index contributed by atoms with van der Waals surface area (Å²) >= 11 is 3.43. The van der Waals surface area contributed by atoms with Crippen LogP contribution in [0.15, 0.2) is 34.9 Å². The fourth-order valence-electron chi connectivity index (χ4n) is 1.45. The number of halogens is 1. The van der Waals surface area contributed by atoms with E-state index in [1.165, 1.54) is 0 Å². The number of aromatic nitrogens is 2. The second-order valence-electron chi connectivity index (χ2n) is 3.52. The van der Waals surface area contributed by atoms with Gasteiger partial charge in [-0.3, -0.25) is 0 Å². The topological polar surface area (TPSA) is 59.1 Å². The number of hydrogen-bond donors (Lipinski definition) is 2. The molecule has 0 saturated heterocycles. The third kappa shape index (κ3) is 3.10. The van der Waals surface area contributed by atoms with E-state index < -0.39 is 0 Å². The molecular weight excluding hydrogens is 296 g/mol. The van der Waals surface area contributed by atoms with Gasteiger partial charge in [0.2, 0.25) is 5.95 Å². The maximum absolute atomic E-state index is 5.20. The molecule has 1 aromatic heterocycles. The lowest BCUT2D eigenvalue weighted by molar-refractivity contribution is 0.415. The molecule has 0 bridgehead atoms. The molecule has 2 N–H and O–H groups in total. The Kier molecular flexibility index (Phi) is 3.99. The third-order valence-electron chi connectivity index (χ3n) is 2.26. The molecule has 0 aliphatic rings. The fraction of sp³-hybridized carbons (Fsp3) is 0.167. The number of methoxy groups -OCH3 is 1. The first-order valence-corrected chi connectivity index (χ1v) is 6.13. The number of nitrogens with one attached hydrogen (secondary N) is 2. The van der Waals surface area contributed by atoms with E-state index in [9.17, 15) is 0 Å². The van der Waals surface area contributed by atoms with E-state index >= 15 is 0 Å². The van der Waals surface area contributed by atoms with Gasteiger partial charge in [0.05, 0.1) is 7.11 Å². The molecule has 2 aromatic rings. The smallest absolute Gasteiger partial charge is 0.224 e.